The number of quaternary nitrogens is 1. The molecule has 0 heterocycles. The van der Waals surface area contributed by atoms with Crippen molar-refractivity contribution in [1.29, 1.82) is 0 Å². The second-order valence-corrected chi connectivity index (χ2v) is 10.9. The van der Waals surface area contributed by atoms with E-state index < -0.39 is 33.1 Å². The summed E-state index contributed by atoms with van der Waals surface area (Å²) in [6.07, 6.45) is 26.5. The number of ether oxygens (including phenoxy) is 1. The molecule has 0 aliphatic heterocycles. The van der Waals surface area contributed by atoms with Crippen molar-refractivity contribution in [3.8, 4) is 0 Å². The number of carbonyl (C=O) groups is 1. The molecule has 0 amide bonds. The van der Waals surface area contributed by atoms with Crippen LogP contribution < -0.4 is 4.89 Å². The van der Waals surface area contributed by atoms with Crippen molar-refractivity contribution in [3.63, 3.8) is 0 Å². The van der Waals surface area contributed by atoms with Crippen LogP contribution in [-0.4, -0.2) is 69.2 Å². The number of likely N-dealkylation sites (N-methyl/N-ethyl adjacent to an activating group) is 1. The summed E-state index contributed by atoms with van der Waals surface area (Å²) in [4.78, 5) is 23.8. The van der Waals surface area contributed by atoms with Crippen LogP contribution in [0.2, 0.25) is 0 Å². The highest BCUT2D eigenvalue weighted by atomic mass is 31.2. The molecule has 2 atom stereocenters. The summed E-state index contributed by atoms with van der Waals surface area (Å²) < 4.78 is 27.0. The normalized spacial score (nSPS) is 15.5. The summed E-state index contributed by atoms with van der Waals surface area (Å²) >= 11 is 0. The molecule has 0 aromatic rings. The number of aliphatic hydroxyl groups is 1. The summed E-state index contributed by atoms with van der Waals surface area (Å²) in [6, 6.07) is 0. The topological polar surface area (TPSA) is 105 Å². The molecule has 0 saturated carbocycles. The Hall–Kier alpha value is -1.80. The molecule has 0 aromatic carbocycles. The quantitative estimate of drug-likeness (QED) is 0.0675. The van der Waals surface area contributed by atoms with Crippen LogP contribution in [0, 0.1) is 0 Å². The second kappa shape index (κ2) is 22.2. The van der Waals surface area contributed by atoms with E-state index in [9.17, 15) is 19.4 Å². The van der Waals surface area contributed by atoms with Gasteiger partial charge in [0.15, 0.2) is 0 Å². The predicted octanol–water partition coefficient (Wildman–Crippen LogP) is 5.02. The Balaban J connectivity index is 3.94. The van der Waals surface area contributed by atoms with E-state index in [1.54, 1.807) is 0 Å². The third-order valence-electron chi connectivity index (χ3n) is 4.84. The third-order valence-corrected chi connectivity index (χ3v) is 5.81. The van der Waals surface area contributed by atoms with Crippen molar-refractivity contribution in [2.45, 2.75) is 64.4 Å². The number of hydrogen-bond acceptors (Lipinski definition) is 7. The van der Waals surface area contributed by atoms with Crippen molar-refractivity contribution in [2.75, 3.05) is 47.5 Å². The number of phosphoric ester groups is 1. The van der Waals surface area contributed by atoms with E-state index in [1.165, 1.54) is 0 Å². The minimum Gasteiger partial charge on any atom is -0.756 e. The van der Waals surface area contributed by atoms with Gasteiger partial charge in [-0.3, -0.25) is 9.36 Å². The van der Waals surface area contributed by atoms with Crippen LogP contribution in [-0.2, 0) is 23.1 Å². The molecule has 0 aliphatic rings. The van der Waals surface area contributed by atoms with Crippen molar-refractivity contribution in [2.24, 2.45) is 0 Å². The van der Waals surface area contributed by atoms with E-state index in [4.69, 9.17) is 13.8 Å². The summed E-state index contributed by atoms with van der Waals surface area (Å²) in [6.45, 7) is 1.56. The number of nitrogens with zero attached hydrogens (tertiary/aromatic N) is 1. The maximum atomic E-state index is 12.0. The molecule has 9 heteroatoms. The highest BCUT2D eigenvalue weighted by Gasteiger charge is 2.19. The standard InChI is InChI=1S/C28H48NO7P/c1-5-6-7-8-9-10-11-12-13-14-15-16-17-18-19-20-21-22-28(31)36-27(25-30)26-35-37(32,33)34-24-23-29(2,3)4/h6-7,9-10,12-13,15-16,18-19,27,30H,5,8,11,14,17,20-26H2,1-4H3/b7-6-,10-9-,13-12-,16-15-,19-18-/t27-/m0/s1. The fourth-order valence-corrected chi connectivity index (χ4v) is 3.47. The van der Waals surface area contributed by atoms with Crippen molar-refractivity contribution >= 4 is 13.8 Å². The van der Waals surface area contributed by atoms with E-state index >= 15 is 0 Å². The Morgan fingerprint density at radius 2 is 1.41 bits per heavy atom. The molecular formula is C28H48NO7P. The SMILES string of the molecule is CC/C=C\C/C=C\C/C=C\C/C=C\C/C=C\CCCC(=O)O[C@@H](CO)COP(=O)([O-])OCC[N+](C)(C)C. The van der Waals surface area contributed by atoms with Crippen LogP contribution in [0.15, 0.2) is 60.8 Å². The number of unbranched alkanes of at least 4 members (excludes halogenated alkanes) is 1. The van der Waals surface area contributed by atoms with Gasteiger partial charge in [-0.25, -0.2) is 0 Å². The van der Waals surface area contributed by atoms with Crippen molar-refractivity contribution < 1.29 is 37.6 Å². The number of hydrogen-bond donors (Lipinski definition) is 1. The Morgan fingerprint density at radius 3 is 1.89 bits per heavy atom. The first kappa shape index (κ1) is 35.2. The van der Waals surface area contributed by atoms with Crippen molar-refractivity contribution in [3.05, 3.63) is 60.8 Å². The Morgan fingerprint density at radius 1 is 0.892 bits per heavy atom. The number of esters is 1. The van der Waals surface area contributed by atoms with Gasteiger partial charge in [-0.05, 0) is 44.9 Å². The zero-order chi connectivity index (χ0) is 27.8. The van der Waals surface area contributed by atoms with Gasteiger partial charge in [0, 0.05) is 6.42 Å². The highest BCUT2D eigenvalue weighted by molar-refractivity contribution is 7.45. The van der Waals surface area contributed by atoms with Gasteiger partial charge in [0.25, 0.3) is 7.82 Å². The smallest absolute Gasteiger partial charge is 0.306 e. The minimum absolute atomic E-state index is 0.0241. The van der Waals surface area contributed by atoms with Crippen LogP contribution in [0.3, 0.4) is 0 Å². The van der Waals surface area contributed by atoms with E-state index in [1.807, 2.05) is 33.3 Å². The van der Waals surface area contributed by atoms with Crippen molar-refractivity contribution in [1.82, 2.24) is 0 Å². The summed E-state index contributed by atoms with van der Waals surface area (Å²) in [7, 11) is 1.19. The number of aliphatic hydroxyl groups excluding tert-OH is 1. The number of allylic oxidation sites excluding steroid dienone is 10. The summed E-state index contributed by atoms with van der Waals surface area (Å²) in [5.74, 6) is -0.512. The Kier molecular flexibility index (Phi) is 21.1. The van der Waals surface area contributed by atoms with Crippen LogP contribution in [0.5, 0.6) is 0 Å². The zero-order valence-corrected chi connectivity index (χ0v) is 24.0. The predicted molar refractivity (Wildman–Crippen MR) is 148 cm³/mol. The molecule has 0 aliphatic carbocycles. The molecule has 0 radical (unpaired) electrons. The molecule has 1 unspecified atom stereocenters. The van der Waals surface area contributed by atoms with E-state index in [0.717, 1.165) is 38.5 Å². The fraction of sp³-hybridized carbons (Fsp3) is 0.607. The average Bonchev–Trinajstić information content (AvgIpc) is 2.82. The maximum Gasteiger partial charge on any atom is 0.306 e. The number of rotatable bonds is 22. The molecule has 0 aromatic heterocycles. The second-order valence-electron chi connectivity index (χ2n) is 9.48. The number of phosphoric acid groups is 1. The maximum absolute atomic E-state index is 12.0. The molecule has 1 N–H and O–H groups in total. The van der Waals surface area contributed by atoms with E-state index in [-0.39, 0.29) is 13.0 Å². The molecule has 0 fully saturated rings. The fourth-order valence-electron chi connectivity index (χ4n) is 2.74. The summed E-state index contributed by atoms with van der Waals surface area (Å²) in [5.41, 5.74) is 0. The lowest BCUT2D eigenvalue weighted by Crippen LogP contribution is -2.37. The lowest BCUT2D eigenvalue weighted by atomic mass is 10.2. The third kappa shape index (κ3) is 25.6. The number of carbonyl (C=O) groups excluding carboxylic acids is 1. The highest BCUT2D eigenvalue weighted by Crippen LogP contribution is 2.38. The molecule has 8 nitrogen and oxygen atoms in total. The van der Waals surface area contributed by atoms with Crippen LogP contribution in [0.1, 0.15) is 58.3 Å². The molecule has 0 rings (SSSR count). The Labute approximate surface area is 224 Å². The largest absolute Gasteiger partial charge is 0.756 e. The van der Waals surface area contributed by atoms with Crippen LogP contribution >= 0.6 is 7.82 Å². The zero-order valence-electron chi connectivity index (χ0n) is 23.1. The first-order chi connectivity index (χ1) is 17.6. The minimum atomic E-state index is -4.53. The molecule has 37 heavy (non-hydrogen) atoms. The molecule has 0 bridgehead atoms. The lowest BCUT2D eigenvalue weighted by molar-refractivity contribution is -0.870. The van der Waals surface area contributed by atoms with Crippen LogP contribution in [0.4, 0.5) is 0 Å². The van der Waals surface area contributed by atoms with Gasteiger partial charge in [-0.15, -0.1) is 0 Å². The molecule has 0 saturated heterocycles. The van der Waals surface area contributed by atoms with Gasteiger partial charge in [-0.2, -0.15) is 0 Å². The van der Waals surface area contributed by atoms with Gasteiger partial charge in [0.2, 0.25) is 0 Å². The lowest BCUT2D eigenvalue weighted by Gasteiger charge is -2.28. The first-order valence-corrected chi connectivity index (χ1v) is 14.5. The van der Waals surface area contributed by atoms with Crippen LogP contribution in [0.25, 0.3) is 0 Å². The Bertz CT molecular complexity index is 782. The van der Waals surface area contributed by atoms with Gasteiger partial charge in [-0.1, -0.05) is 67.7 Å². The first-order valence-electron chi connectivity index (χ1n) is 13.1. The molecule has 0 spiro atoms. The van der Waals surface area contributed by atoms with E-state index in [2.05, 4.69) is 55.5 Å². The summed E-state index contributed by atoms with van der Waals surface area (Å²) in [5, 5.41) is 9.36. The van der Waals surface area contributed by atoms with Gasteiger partial charge in [0.1, 0.15) is 19.3 Å². The molecule has 212 valence electrons. The van der Waals surface area contributed by atoms with Gasteiger partial charge < -0.3 is 28.3 Å². The molecular weight excluding hydrogens is 493 g/mol. The van der Waals surface area contributed by atoms with Gasteiger partial charge >= 0.3 is 5.97 Å². The van der Waals surface area contributed by atoms with Gasteiger partial charge in [0.05, 0.1) is 34.4 Å². The average molecular weight is 542 g/mol. The monoisotopic (exact) mass is 541 g/mol. The van der Waals surface area contributed by atoms with E-state index in [0.29, 0.717) is 17.4 Å².